The van der Waals surface area contributed by atoms with Crippen LogP contribution in [0.5, 0.6) is 0 Å². The van der Waals surface area contributed by atoms with E-state index in [1.54, 1.807) is 29.2 Å². The van der Waals surface area contributed by atoms with Gasteiger partial charge in [-0.3, -0.25) is 9.89 Å². The number of carbonyl (C=O) groups excluding carboxylic acids is 1. The first-order valence-electron chi connectivity index (χ1n) is 8.32. The van der Waals surface area contributed by atoms with Crippen LogP contribution in [-0.2, 0) is 10.0 Å². The monoisotopic (exact) mass is 395 g/mol. The number of fused-ring (bicyclic) bond motifs is 1. The number of sulfonamides is 1. The number of aromatic amines is 1. The van der Waals surface area contributed by atoms with Crippen molar-refractivity contribution >= 4 is 33.2 Å². The average molecular weight is 396 g/mol. The SMILES string of the molecule is O=C(c1[nH]ncc1Cl)N1CCCC(C2Nc3ccccc3S(=O)(=O)N2)C1. The van der Waals surface area contributed by atoms with E-state index in [0.717, 1.165) is 12.8 Å². The van der Waals surface area contributed by atoms with E-state index in [1.807, 2.05) is 0 Å². The van der Waals surface area contributed by atoms with E-state index in [0.29, 0.717) is 18.8 Å². The van der Waals surface area contributed by atoms with Crippen molar-refractivity contribution in [1.82, 2.24) is 19.8 Å². The van der Waals surface area contributed by atoms with Crippen LogP contribution in [0.15, 0.2) is 35.4 Å². The van der Waals surface area contributed by atoms with Gasteiger partial charge in [-0.15, -0.1) is 0 Å². The normalized spacial score (nSPS) is 24.6. The first kappa shape index (κ1) is 17.3. The molecule has 0 radical (unpaired) electrons. The van der Waals surface area contributed by atoms with Crippen LogP contribution in [0.4, 0.5) is 5.69 Å². The highest BCUT2D eigenvalue weighted by atomic mass is 35.5. The Hall–Kier alpha value is -2.10. The molecule has 1 aromatic heterocycles. The van der Waals surface area contributed by atoms with Gasteiger partial charge in [-0.25, -0.2) is 8.42 Å². The zero-order chi connectivity index (χ0) is 18.3. The number of para-hydroxylation sites is 1. The third kappa shape index (κ3) is 3.06. The lowest BCUT2D eigenvalue weighted by atomic mass is 9.94. The summed E-state index contributed by atoms with van der Waals surface area (Å²) in [7, 11) is -3.58. The van der Waals surface area contributed by atoms with Crippen molar-refractivity contribution in [1.29, 1.82) is 0 Å². The largest absolute Gasteiger partial charge is 0.368 e. The quantitative estimate of drug-likeness (QED) is 0.716. The molecule has 1 amide bonds. The highest BCUT2D eigenvalue weighted by molar-refractivity contribution is 7.89. The molecule has 1 aromatic carbocycles. The maximum Gasteiger partial charge on any atom is 0.273 e. The number of hydrogen-bond acceptors (Lipinski definition) is 5. The van der Waals surface area contributed by atoms with E-state index in [1.165, 1.54) is 6.20 Å². The number of likely N-dealkylation sites (tertiary alicyclic amines) is 1. The van der Waals surface area contributed by atoms with Gasteiger partial charge in [0, 0.05) is 19.0 Å². The first-order chi connectivity index (χ1) is 12.5. The van der Waals surface area contributed by atoms with Crippen molar-refractivity contribution in [2.24, 2.45) is 5.92 Å². The Kier molecular flexibility index (Phi) is 4.37. The van der Waals surface area contributed by atoms with Gasteiger partial charge in [-0.05, 0) is 25.0 Å². The van der Waals surface area contributed by atoms with E-state index in [2.05, 4.69) is 20.2 Å². The molecule has 1 saturated heterocycles. The van der Waals surface area contributed by atoms with Crippen LogP contribution in [0, 0.1) is 5.92 Å². The summed E-state index contributed by atoms with van der Waals surface area (Å²) in [6.07, 6.45) is 2.51. The summed E-state index contributed by atoms with van der Waals surface area (Å²) in [5.74, 6) is -0.284. The molecule has 0 bridgehead atoms. The van der Waals surface area contributed by atoms with Crippen molar-refractivity contribution in [3.63, 3.8) is 0 Å². The molecule has 8 nitrogen and oxygen atoms in total. The number of nitrogens with one attached hydrogen (secondary N) is 3. The predicted molar refractivity (Wildman–Crippen MR) is 96.4 cm³/mol. The number of hydrogen-bond donors (Lipinski definition) is 3. The molecule has 0 aliphatic carbocycles. The number of H-pyrrole nitrogens is 1. The first-order valence-corrected chi connectivity index (χ1v) is 10.2. The van der Waals surface area contributed by atoms with Crippen LogP contribution in [-0.4, -0.2) is 48.7 Å². The molecule has 2 aliphatic heterocycles. The van der Waals surface area contributed by atoms with E-state index in [-0.39, 0.29) is 27.4 Å². The molecule has 10 heteroatoms. The summed E-state index contributed by atoms with van der Waals surface area (Å²) in [5.41, 5.74) is 0.839. The van der Waals surface area contributed by atoms with Crippen LogP contribution in [0.2, 0.25) is 5.02 Å². The number of halogens is 1. The molecule has 4 rings (SSSR count). The van der Waals surface area contributed by atoms with Crippen molar-refractivity contribution in [3.8, 4) is 0 Å². The van der Waals surface area contributed by atoms with Gasteiger partial charge < -0.3 is 10.2 Å². The highest BCUT2D eigenvalue weighted by Gasteiger charge is 2.37. The van der Waals surface area contributed by atoms with Gasteiger partial charge in [0.2, 0.25) is 10.0 Å². The fraction of sp³-hybridized carbons (Fsp3) is 0.375. The molecule has 26 heavy (non-hydrogen) atoms. The third-order valence-electron chi connectivity index (χ3n) is 4.79. The minimum absolute atomic E-state index is 0.0578. The van der Waals surface area contributed by atoms with Crippen LogP contribution < -0.4 is 10.0 Å². The third-order valence-corrected chi connectivity index (χ3v) is 6.58. The Morgan fingerprint density at radius 1 is 1.31 bits per heavy atom. The summed E-state index contributed by atoms with van der Waals surface area (Å²) >= 11 is 5.99. The molecule has 0 saturated carbocycles. The van der Waals surface area contributed by atoms with E-state index in [9.17, 15) is 13.2 Å². The number of anilines is 1. The lowest BCUT2D eigenvalue weighted by Gasteiger charge is -2.39. The maximum absolute atomic E-state index is 12.6. The Morgan fingerprint density at radius 3 is 2.88 bits per heavy atom. The molecule has 3 heterocycles. The van der Waals surface area contributed by atoms with Gasteiger partial charge in [0.15, 0.2) is 0 Å². The summed E-state index contributed by atoms with van der Waals surface area (Å²) in [6, 6.07) is 6.80. The van der Waals surface area contributed by atoms with Gasteiger partial charge in [0.05, 0.1) is 23.1 Å². The molecule has 3 N–H and O–H groups in total. The topological polar surface area (TPSA) is 107 Å². The van der Waals surface area contributed by atoms with E-state index in [4.69, 9.17) is 11.6 Å². The molecule has 1 fully saturated rings. The number of nitrogens with zero attached hydrogens (tertiary/aromatic N) is 2. The van der Waals surface area contributed by atoms with Gasteiger partial charge >= 0.3 is 0 Å². The molecule has 2 unspecified atom stereocenters. The lowest BCUT2D eigenvalue weighted by Crippen LogP contribution is -2.54. The molecular formula is C16H18ClN5O3S. The molecule has 0 spiro atoms. The fourth-order valence-corrected chi connectivity index (χ4v) is 5.07. The molecule has 2 aliphatic rings. The molecular weight excluding hydrogens is 378 g/mol. The van der Waals surface area contributed by atoms with Crippen molar-refractivity contribution in [2.45, 2.75) is 23.9 Å². The summed E-state index contributed by atoms with van der Waals surface area (Å²) in [5, 5.41) is 9.94. The minimum Gasteiger partial charge on any atom is -0.368 e. The van der Waals surface area contributed by atoms with Crippen LogP contribution in [0.1, 0.15) is 23.3 Å². The van der Waals surface area contributed by atoms with Crippen LogP contribution in [0.3, 0.4) is 0 Å². The highest BCUT2D eigenvalue weighted by Crippen LogP contribution is 2.30. The Bertz CT molecular complexity index is 945. The molecule has 138 valence electrons. The van der Waals surface area contributed by atoms with E-state index < -0.39 is 16.2 Å². The second-order valence-corrected chi connectivity index (χ2v) is 8.58. The number of amides is 1. The van der Waals surface area contributed by atoms with Crippen molar-refractivity contribution in [3.05, 3.63) is 41.2 Å². The number of piperidine rings is 1. The van der Waals surface area contributed by atoms with Gasteiger partial charge in [-0.1, -0.05) is 23.7 Å². The summed E-state index contributed by atoms with van der Waals surface area (Å²) < 4.78 is 27.7. The van der Waals surface area contributed by atoms with E-state index >= 15 is 0 Å². The van der Waals surface area contributed by atoms with Crippen LogP contribution in [0.25, 0.3) is 0 Å². The summed E-state index contributed by atoms with van der Waals surface area (Å²) in [6.45, 7) is 1.03. The van der Waals surface area contributed by atoms with Crippen molar-refractivity contribution < 1.29 is 13.2 Å². The maximum atomic E-state index is 12.6. The number of benzene rings is 1. The summed E-state index contributed by atoms with van der Waals surface area (Å²) in [4.78, 5) is 14.6. The minimum atomic E-state index is -3.58. The Labute approximate surface area is 156 Å². The fourth-order valence-electron chi connectivity index (χ4n) is 3.51. The van der Waals surface area contributed by atoms with Crippen LogP contribution >= 0.6 is 11.6 Å². The second kappa shape index (κ2) is 6.57. The number of rotatable bonds is 2. The van der Waals surface area contributed by atoms with Gasteiger partial charge in [0.1, 0.15) is 10.6 Å². The smallest absolute Gasteiger partial charge is 0.273 e. The van der Waals surface area contributed by atoms with Crippen molar-refractivity contribution in [2.75, 3.05) is 18.4 Å². The standard InChI is InChI=1S/C16H18ClN5O3S/c17-11-8-18-20-14(11)16(23)22-7-3-4-10(9-22)15-19-12-5-1-2-6-13(12)26(24,25)21-15/h1-2,5-6,8,10,15,19,21H,3-4,7,9H2,(H,18,20). The number of aromatic nitrogens is 2. The average Bonchev–Trinajstić information content (AvgIpc) is 3.06. The predicted octanol–water partition coefficient (Wildman–Crippen LogP) is 1.65. The Balaban J connectivity index is 1.54. The van der Waals surface area contributed by atoms with Gasteiger partial charge in [0.25, 0.3) is 5.91 Å². The molecule has 2 atom stereocenters. The Morgan fingerprint density at radius 2 is 2.12 bits per heavy atom. The lowest BCUT2D eigenvalue weighted by molar-refractivity contribution is 0.0653. The van der Waals surface area contributed by atoms with Gasteiger partial charge in [-0.2, -0.15) is 9.82 Å². The zero-order valence-electron chi connectivity index (χ0n) is 13.8. The second-order valence-electron chi connectivity index (χ2n) is 6.49. The molecule has 2 aromatic rings. The zero-order valence-corrected chi connectivity index (χ0v) is 15.3. The number of carbonyl (C=O) groups is 1.